The third-order valence-corrected chi connectivity index (χ3v) is 6.27. The van der Waals surface area contributed by atoms with Gasteiger partial charge >= 0.3 is 23.5 Å². The smallest absolute Gasteiger partial charge is 0.385 e. The van der Waals surface area contributed by atoms with Crippen LogP contribution in [0.2, 0.25) is 0 Å². The lowest BCUT2D eigenvalue weighted by atomic mass is 10.2. The number of aliphatic hydroxyl groups excluding tert-OH is 1. The third kappa shape index (κ3) is 5.63. The second-order valence-corrected chi connectivity index (χ2v) is 9.84. The maximum absolute atomic E-state index is 11.9. The Balaban J connectivity index is 2.00. The normalized spacial score (nSPS) is 26.9. The highest BCUT2D eigenvalue weighted by atomic mass is 31.3. The fourth-order valence-corrected chi connectivity index (χ4v) is 4.83. The number of aromatic nitrogens is 4. The molecule has 1 saturated heterocycles. The number of phosphoric acid groups is 3. The molecule has 2 unspecified atom stereocenters. The quantitative estimate of drug-likeness (QED) is 0.181. The number of nitrogens with zero attached hydrogens (tertiary/aromatic N) is 3. The van der Waals surface area contributed by atoms with Crippen molar-refractivity contribution in [3.05, 3.63) is 16.7 Å². The molecule has 3 rings (SSSR count). The Labute approximate surface area is 169 Å². The zero-order valence-corrected chi connectivity index (χ0v) is 17.3. The van der Waals surface area contributed by atoms with Gasteiger partial charge in [-0.25, -0.2) is 18.7 Å². The molecule has 2 aromatic rings. The van der Waals surface area contributed by atoms with Crippen LogP contribution in [0.1, 0.15) is 6.23 Å². The first-order chi connectivity index (χ1) is 14.1. The predicted molar refractivity (Wildman–Crippen MR) is 93.4 cm³/mol. The Morgan fingerprint density at radius 2 is 1.77 bits per heavy atom. The van der Waals surface area contributed by atoms with Crippen molar-refractivity contribution in [1.29, 1.82) is 0 Å². The second-order valence-electron chi connectivity index (χ2n) is 5.87. The Morgan fingerprint density at radius 3 is 2.35 bits per heavy atom. The molecule has 2 aromatic heterocycles. The maximum atomic E-state index is 11.9. The van der Waals surface area contributed by atoms with Crippen LogP contribution in [0.5, 0.6) is 0 Å². The summed E-state index contributed by atoms with van der Waals surface area (Å²) < 4.78 is 52.2. The summed E-state index contributed by atoms with van der Waals surface area (Å²) >= 11 is 0. The Morgan fingerprint density at radius 1 is 1.13 bits per heavy atom. The number of nitrogen functional groups attached to an aromatic ring is 1. The predicted octanol–water partition coefficient (Wildman–Crippen LogP) is -2.38. The molecule has 0 bridgehead atoms. The number of phosphoric ester groups is 2. The summed E-state index contributed by atoms with van der Waals surface area (Å²) in [7, 11) is -16.4. The number of nitrogens with one attached hydrogen (secondary N) is 1. The first kappa shape index (κ1) is 24.1. The fourth-order valence-electron chi connectivity index (χ4n) is 2.62. The molecular formula is C9H14N5O14P3. The molecule has 174 valence electrons. The van der Waals surface area contributed by atoms with Gasteiger partial charge in [0, 0.05) is 0 Å². The molecule has 3 heterocycles. The lowest BCUT2D eigenvalue weighted by Crippen LogP contribution is -2.34. The Hall–Kier alpha value is -1.56. The molecule has 22 heteroatoms. The van der Waals surface area contributed by atoms with Crippen molar-refractivity contribution in [2.75, 3.05) is 5.73 Å². The zero-order chi connectivity index (χ0) is 23.4. The van der Waals surface area contributed by atoms with Crippen LogP contribution in [-0.4, -0.2) is 67.6 Å². The third-order valence-electron chi connectivity index (χ3n) is 3.60. The van der Waals surface area contributed by atoms with E-state index in [1.54, 1.807) is 0 Å². The lowest BCUT2D eigenvalue weighted by molar-refractivity contribution is -0.133. The van der Waals surface area contributed by atoms with Crippen molar-refractivity contribution in [2.45, 2.75) is 24.7 Å². The topological polar surface area (TPSA) is 299 Å². The molecular weight excluding hydrogens is 495 g/mol. The van der Waals surface area contributed by atoms with E-state index in [1.165, 1.54) is 0 Å². The van der Waals surface area contributed by atoms with Crippen molar-refractivity contribution < 1.29 is 61.4 Å². The van der Waals surface area contributed by atoms with Crippen molar-refractivity contribution in [3.63, 3.8) is 0 Å². The molecule has 5 atom stereocenters. The van der Waals surface area contributed by atoms with E-state index in [4.69, 9.17) is 30.0 Å². The Bertz CT molecular complexity index is 1180. The largest absolute Gasteiger partial charge is 0.483 e. The van der Waals surface area contributed by atoms with Crippen LogP contribution in [0.3, 0.4) is 0 Å². The van der Waals surface area contributed by atoms with Crippen molar-refractivity contribution in [1.82, 2.24) is 19.5 Å². The molecule has 19 nitrogen and oxygen atoms in total. The fraction of sp³-hybridized carbons (Fsp3) is 0.444. The Kier molecular flexibility index (Phi) is 6.29. The van der Waals surface area contributed by atoms with Crippen LogP contribution in [0.4, 0.5) is 5.95 Å². The molecule has 1 fully saturated rings. The van der Waals surface area contributed by atoms with Gasteiger partial charge < -0.3 is 40.0 Å². The van der Waals surface area contributed by atoms with Gasteiger partial charge in [0.2, 0.25) is 5.95 Å². The van der Waals surface area contributed by atoms with E-state index < -0.39 is 53.8 Å². The second kappa shape index (κ2) is 8.09. The van der Waals surface area contributed by atoms with Gasteiger partial charge in [0.05, 0.1) is 6.33 Å². The number of rotatable bonds is 7. The number of aliphatic hydroxyl groups is 1. The number of imidazole rings is 1. The van der Waals surface area contributed by atoms with Crippen molar-refractivity contribution in [3.8, 4) is 0 Å². The summed E-state index contributed by atoms with van der Waals surface area (Å²) in [5.74, 6) is -0.382. The van der Waals surface area contributed by atoms with E-state index in [9.17, 15) is 28.5 Å². The lowest BCUT2D eigenvalue weighted by Gasteiger charge is -2.21. The zero-order valence-electron chi connectivity index (χ0n) is 14.6. The summed E-state index contributed by atoms with van der Waals surface area (Å²) in [6.07, 6.45) is -7.41. The minimum absolute atomic E-state index is 0.294. The molecule has 0 aliphatic carbocycles. The maximum Gasteiger partial charge on any atom is 0.483 e. The van der Waals surface area contributed by atoms with Gasteiger partial charge in [0.1, 0.15) is 12.2 Å². The van der Waals surface area contributed by atoms with Crippen LogP contribution in [0, 0.1) is 0 Å². The monoisotopic (exact) mass is 509 g/mol. The van der Waals surface area contributed by atoms with Crippen LogP contribution in [0.25, 0.3) is 11.2 Å². The highest BCUT2D eigenvalue weighted by Crippen LogP contribution is 2.59. The number of fused-ring (bicyclic) bond motifs is 1. The van der Waals surface area contributed by atoms with E-state index in [1.807, 2.05) is 0 Å². The number of ether oxygens (including phenoxy) is 1. The van der Waals surface area contributed by atoms with Crippen molar-refractivity contribution >= 4 is 40.6 Å². The standard InChI is InChI=1S/C9H14N5O14P3/c10-9-12-5-2(6(16)13-9)11-1-14(5)7-4(26-29(17,18)19)3(15)8(25-7)27-31(23,24)28-30(20,21)22/h1,3-4,7-8,15H,(H,23,24)(H2,17,18,19)(H2,20,21,22)(H3,10,12,13,16)/t3-,4?,7+,8+/m0/s1. The first-order valence-corrected chi connectivity index (χ1v) is 12.2. The number of nitrogens with two attached hydrogens (primary N) is 1. The molecule has 0 spiro atoms. The van der Waals surface area contributed by atoms with Gasteiger partial charge in [0.15, 0.2) is 23.7 Å². The van der Waals surface area contributed by atoms with E-state index in [2.05, 4.69) is 28.3 Å². The van der Waals surface area contributed by atoms with Crippen molar-refractivity contribution in [2.24, 2.45) is 0 Å². The highest BCUT2D eigenvalue weighted by molar-refractivity contribution is 7.60. The van der Waals surface area contributed by atoms with E-state index >= 15 is 0 Å². The summed E-state index contributed by atoms with van der Waals surface area (Å²) in [6.45, 7) is 0. The van der Waals surface area contributed by atoms with Gasteiger partial charge in [-0.2, -0.15) is 9.29 Å². The SMILES string of the molecule is Nc1nc2c(ncn2[C@@H]2O[C@H](OP(=O)(O)OP(=O)(O)O)[C@@H](O)C2OP(=O)(O)O)c(=O)[nH]1. The highest BCUT2D eigenvalue weighted by Gasteiger charge is 2.52. The molecule has 0 saturated carbocycles. The van der Waals surface area contributed by atoms with Crippen LogP contribution < -0.4 is 11.3 Å². The number of anilines is 1. The summed E-state index contributed by atoms with van der Waals surface area (Å²) in [5.41, 5.74) is 4.05. The van der Waals surface area contributed by atoms with Gasteiger partial charge in [-0.15, -0.1) is 0 Å². The molecule has 31 heavy (non-hydrogen) atoms. The summed E-state index contributed by atoms with van der Waals surface area (Å²) in [5, 5.41) is 10.3. The average Bonchev–Trinajstić information content (AvgIpc) is 3.07. The number of hydrogen-bond donors (Lipinski definition) is 8. The minimum Gasteiger partial charge on any atom is -0.385 e. The van der Waals surface area contributed by atoms with Gasteiger partial charge in [0.25, 0.3) is 5.56 Å². The molecule has 9 N–H and O–H groups in total. The van der Waals surface area contributed by atoms with E-state index in [0.29, 0.717) is 0 Å². The summed E-state index contributed by atoms with van der Waals surface area (Å²) in [6, 6.07) is 0. The average molecular weight is 509 g/mol. The number of H-pyrrole nitrogens is 1. The molecule has 1 aliphatic rings. The van der Waals surface area contributed by atoms with Gasteiger partial charge in [-0.3, -0.25) is 23.4 Å². The van der Waals surface area contributed by atoms with Crippen LogP contribution in [0.15, 0.2) is 11.1 Å². The van der Waals surface area contributed by atoms with E-state index in [0.717, 1.165) is 10.9 Å². The molecule has 0 radical (unpaired) electrons. The number of aromatic amines is 1. The molecule has 0 aromatic carbocycles. The summed E-state index contributed by atoms with van der Waals surface area (Å²) in [4.78, 5) is 66.5. The first-order valence-electron chi connectivity index (χ1n) is 7.64. The minimum atomic E-state index is -5.56. The van der Waals surface area contributed by atoms with Crippen LogP contribution in [-0.2, 0) is 31.8 Å². The molecule has 0 amide bonds. The number of hydrogen-bond acceptors (Lipinski definition) is 12. The van der Waals surface area contributed by atoms with E-state index in [-0.39, 0.29) is 17.1 Å². The van der Waals surface area contributed by atoms with Gasteiger partial charge in [-0.1, -0.05) is 0 Å². The molecule has 1 aliphatic heterocycles. The van der Waals surface area contributed by atoms with Gasteiger partial charge in [-0.05, 0) is 0 Å². The van der Waals surface area contributed by atoms with Crippen LogP contribution >= 0.6 is 23.5 Å².